The molecule has 0 aromatic carbocycles. The molecule has 0 fully saturated rings. The second-order valence-electron chi connectivity index (χ2n) is 4.69. The highest BCUT2D eigenvalue weighted by Gasteiger charge is 2.06. The van der Waals surface area contributed by atoms with Gasteiger partial charge in [0.2, 0.25) is 0 Å². The van der Waals surface area contributed by atoms with Crippen LogP contribution < -0.4 is 0 Å². The van der Waals surface area contributed by atoms with Crippen LogP contribution in [0.1, 0.15) is 26.3 Å². The van der Waals surface area contributed by atoms with E-state index in [-0.39, 0.29) is 0 Å². The van der Waals surface area contributed by atoms with Crippen molar-refractivity contribution in [1.29, 1.82) is 0 Å². The second-order valence-corrected chi connectivity index (χ2v) is 4.69. The average molecular weight is 253 g/mol. The Balaban J connectivity index is 2.88. The van der Waals surface area contributed by atoms with Crippen LogP contribution in [0.15, 0.2) is 59.7 Å². The van der Waals surface area contributed by atoms with Gasteiger partial charge in [0.15, 0.2) is 0 Å². The molecule has 0 amide bonds. The van der Waals surface area contributed by atoms with E-state index in [1.807, 2.05) is 19.1 Å². The Hall–Kier alpha value is -1.77. The summed E-state index contributed by atoms with van der Waals surface area (Å²) in [7, 11) is 5.67. The molecule has 1 rings (SSSR count). The van der Waals surface area contributed by atoms with Gasteiger partial charge in [-0.15, -0.1) is 0 Å². The zero-order chi connectivity index (χ0) is 14.3. The molecule has 0 saturated carbocycles. The van der Waals surface area contributed by atoms with Crippen LogP contribution in [0.2, 0.25) is 6.32 Å². The number of rotatable bonds is 6. The molecule has 0 atom stereocenters. The highest BCUT2D eigenvalue weighted by atomic mass is 16.5. The van der Waals surface area contributed by atoms with E-state index in [2.05, 4.69) is 31.5 Å². The van der Waals surface area contributed by atoms with E-state index in [1.165, 1.54) is 5.57 Å². The third-order valence-corrected chi connectivity index (χ3v) is 2.56. The summed E-state index contributed by atoms with van der Waals surface area (Å²) in [5, 5.41) is 0. The number of allylic oxidation sites excluding steroid dienone is 4. The Kier molecular flexibility index (Phi) is 6.13. The van der Waals surface area contributed by atoms with Gasteiger partial charge in [-0.3, -0.25) is 4.98 Å². The van der Waals surface area contributed by atoms with Crippen molar-refractivity contribution in [3.8, 4) is 0 Å². The van der Waals surface area contributed by atoms with E-state index in [0.29, 0.717) is 12.9 Å². The standard InChI is InChI=1S/C16H20BNO/c1-12(2)9-13(3)16(14(4)10-17)19-11-15-5-7-18-8-6-15/h5-9H,4,10-11H2,1-3H3/b16-13-. The Labute approximate surface area is 117 Å². The number of nitrogens with zero attached hydrogens (tertiary/aromatic N) is 1. The third-order valence-electron chi connectivity index (χ3n) is 2.56. The first-order valence-electron chi connectivity index (χ1n) is 6.30. The lowest BCUT2D eigenvalue weighted by molar-refractivity contribution is 0.204. The van der Waals surface area contributed by atoms with Gasteiger partial charge < -0.3 is 4.74 Å². The number of pyridine rings is 1. The van der Waals surface area contributed by atoms with Crippen LogP contribution >= 0.6 is 0 Å². The minimum absolute atomic E-state index is 0.389. The number of ether oxygens (including phenoxy) is 1. The smallest absolute Gasteiger partial charge is 0.124 e. The van der Waals surface area contributed by atoms with Crippen LogP contribution in [0.4, 0.5) is 0 Å². The SMILES string of the molecule is [B]CC(=C)/C(OCc1ccncc1)=C(\C)C=C(C)C. The van der Waals surface area contributed by atoms with Crippen molar-refractivity contribution in [2.75, 3.05) is 0 Å². The van der Waals surface area contributed by atoms with Crippen molar-refractivity contribution >= 4 is 7.85 Å². The van der Waals surface area contributed by atoms with E-state index in [0.717, 1.165) is 22.5 Å². The van der Waals surface area contributed by atoms with Crippen LogP contribution in [0.25, 0.3) is 0 Å². The summed E-state index contributed by atoms with van der Waals surface area (Å²) in [6, 6.07) is 3.86. The Bertz CT molecular complexity index is 485. The van der Waals surface area contributed by atoms with Crippen LogP contribution in [-0.4, -0.2) is 12.8 Å². The largest absolute Gasteiger partial charge is 0.488 e. The summed E-state index contributed by atoms with van der Waals surface area (Å²) in [6.07, 6.45) is 5.97. The van der Waals surface area contributed by atoms with Crippen LogP contribution in [0.3, 0.4) is 0 Å². The van der Waals surface area contributed by atoms with Gasteiger partial charge in [0, 0.05) is 12.4 Å². The fourth-order valence-electron chi connectivity index (χ4n) is 1.72. The molecule has 1 aromatic rings. The second kappa shape index (κ2) is 7.62. The first-order chi connectivity index (χ1) is 9.04. The van der Waals surface area contributed by atoms with E-state index < -0.39 is 0 Å². The molecule has 0 unspecified atom stereocenters. The van der Waals surface area contributed by atoms with Gasteiger partial charge in [-0.2, -0.15) is 0 Å². The molecule has 98 valence electrons. The molecular weight excluding hydrogens is 233 g/mol. The highest BCUT2D eigenvalue weighted by Crippen LogP contribution is 2.21. The van der Waals surface area contributed by atoms with Gasteiger partial charge in [-0.25, -0.2) is 0 Å². The molecule has 2 radical (unpaired) electrons. The summed E-state index contributed by atoms with van der Waals surface area (Å²) in [5.74, 6) is 0.778. The Morgan fingerprint density at radius 1 is 1.32 bits per heavy atom. The molecule has 0 spiro atoms. The lowest BCUT2D eigenvalue weighted by Gasteiger charge is -2.14. The van der Waals surface area contributed by atoms with E-state index in [9.17, 15) is 0 Å². The average Bonchev–Trinajstić information content (AvgIpc) is 2.39. The van der Waals surface area contributed by atoms with Crippen LogP contribution in [0.5, 0.6) is 0 Å². The minimum atomic E-state index is 0.389. The van der Waals surface area contributed by atoms with E-state index >= 15 is 0 Å². The van der Waals surface area contributed by atoms with Gasteiger partial charge in [0.25, 0.3) is 0 Å². The lowest BCUT2D eigenvalue weighted by atomic mass is 9.94. The van der Waals surface area contributed by atoms with Crippen molar-refractivity contribution in [3.63, 3.8) is 0 Å². The van der Waals surface area contributed by atoms with Crippen molar-refractivity contribution in [3.05, 3.63) is 65.2 Å². The monoisotopic (exact) mass is 253 g/mol. The van der Waals surface area contributed by atoms with Gasteiger partial charge in [-0.1, -0.05) is 24.5 Å². The van der Waals surface area contributed by atoms with Crippen molar-refractivity contribution in [2.45, 2.75) is 33.7 Å². The summed E-state index contributed by atoms with van der Waals surface area (Å²) in [5.41, 5.74) is 4.14. The van der Waals surface area contributed by atoms with Crippen molar-refractivity contribution < 1.29 is 4.74 Å². The molecule has 19 heavy (non-hydrogen) atoms. The Morgan fingerprint density at radius 2 is 1.95 bits per heavy atom. The van der Waals surface area contributed by atoms with Gasteiger partial charge >= 0.3 is 0 Å². The normalized spacial score (nSPS) is 11.5. The van der Waals surface area contributed by atoms with Gasteiger partial charge in [0.05, 0.1) is 7.85 Å². The lowest BCUT2D eigenvalue weighted by Crippen LogP contribution is -1.99. The maximum absolute atomic E-state index is 5.87. The molecule has 3 heteroatoms. The van der Waals surface area contributed by atoms with Crippen molar-refractivity contribution in [1.82, 2.24) is 4.98 Å². The fraction of sp³-hybridized carbons (Fsp3) is 0.312. The summed E-state index contributed by atoms with van der Waals surface area (Å²) in [4.78, 5) is 3.98. The predicted octanol–water partition coefficient (Wildman–Crippen LogP) is 3.98. The topological polar surface area (TPSA) is 22.1 Å². The number of hydrogen-bond donors (Lipinski definition) is 0. The molecule has 0 aliphatic rings. The minimum Gasteiger partial charge on any atom is -0.488 e. The summed E-state index contributed by atoms with van der Waals surface area (Å²) >= 11 is 0. The molecule has 2 nitrogen and oxygen atoms in total. The van der Waals surface area contributed by atoms with E-state index in [1.54, 1.807) is 12.4 Å². The summed E-state index contributed by atoms with van der Waals surface area (Å²) < 4.78 is 5.87. The molecule has 0 saturated heterocycles. The maximum atomic E-state index is 5.87. The van der Waals surface area contributed by atoms with Crippen LogP contribution in [-0.2, 0) is 11.3 Å². The first kappa shape index (κ1) is 15.3. The fourth-order valence-corrected chi connectivity index (χ4v) is 1.72. The molecule has 1 aromatic heterocycles. The molecule has 0 aliphatic heterocycles. The van der Waals surface area contributed by atoms with Gasteiger partial charge in [-0.05, 0) is 49.6 Å². The quantitative estimate of drug-likeness (QED) is 0.434. The zero-order valence-corrected chi connectivity index (χ0v) is 11.9. The molecule has 1 heterocycles. The molecule has 0 N–H and O–H groups in total. The molecule has 0 bridgehead atoms. The highest BCUT2D eigenvalue weighted by molar-refractivity contribution is 6.10. The maximum Gasteiger partial charge on any atom is 0.124 e. The predicted molar refractivity (Wildman–Crippen MR) is 80.9 cm³/mol. The van der Waals surface area contributed by atoms with Crippen LogP contribution in [0, 0.1) is 0 Å². The first-order valence-corrected chi connectivity index (χ1v) is 6.30. The van der Waals surface area contributed by atoms with Crippen molar-refractivity contribution in [2.24, 2.45) is 0 Å². The third kappa shape index (κ3) is 5.17. The molecule has 0 aliphatic carbocycles. The van der Waals surface area contributed by atoms with Gasteiger partial charge in [0.1, 0.15) is 12.4 Å². The Morgan fingerprint density at radius 3 is 2.47 bits per heavy atom. The summed E-state index contributed by atoms with van der Waals surface area (Å²) in [6.45, 7) is 10.6. The van der Waals surface area contributed by atoms with E-state index in [4.69, 9.17) is 12.6 Å². The molecular formula is C16H20BNO. The number of hydrogen-bond acceptors (Lipinski definition) is 2. The zero-order valence-electron chi connectivity index (χ0n) is 11.9. The number of aromatic nitrogens is 1.